The number of phenolic OH excluding ortho intramolecular Hbond substituents is 1. The summed E-state index contributed by atoms with van der Waals surface area (Å²) in [6, 6.07) is 14.0. The molecule has 0 atom stereocenters. The number of hydrogen-bond acceptors (Lipinski definition) is 4. The van der Waals surface area contributed by atoms with Crippen LogP contribution in [0, 0.1) is 0 Å². The number of para-hydroxylation sites is 1. The van der Waals surface area contributed by atoms with E-state index in [1.807, 2.05) is 24.3 Å². The topological polar surface area (TPSA) is 70.1 Å². The number of benzene rings is 2. The quantitative estimate of drug-likeness (QED) is 0.856. The normalized spacial score (nSPS) is 18.4. The molecule has 2 heterocycles. The van der Waals surface area contributed by atoms with Gasteiger partial charge in [-0.05, 0) is 30.3 Å². The number of hydrogen-bond donors (Lipinski definition) is 1. The van der Waals surface area contributed by atoms with Crippen LogP contribution >= 0.6 is 0 Å². The van der Waals surface area contributed by atoms with E-state index in [4.69, 9.17) is 4.74 Å². The van der Waals surface area contributed by atoms with Crippen molar-refractivity contribution in [1.29, 1.82) is 0 Å². The number of amides is 2. The summed E-state index contributed by atoms with van der Waals surface area (Å²) in [4.78, 5) is 28.3. The van der Waals surface area contributed by atoms with Gasteiger partial charge in [-0.25, -0.2) is 4.79 Å². The van der Waals surface area contributed by atoms with E-state index in [-0.39, 0.29) is 17.7 Å². The monoisotopic (exact) mass is 352 g/mol. The molecule has 2 aliphatic rings. The first-order valence-electron chi connectivity index (χ1n) is 8.65. The van der Waals surface area contributed by atoms with Crippen molar-refractivity contribution in [1.82, 2.24) is 4.90 Å². The third kappa shape index (κ3) is 2.58. The number of nitrogens with zero attached hydrogens (tertiary/aromatic N) is 2. The van der Waals surface area contributed by atoms with Crippen molar-refractivity contribution >= 4 is 17.7 Å². The maximum Gasteiger partial charge on any atom is 0.414 e. The molecule has 0 aliphatic carbocycles. The second kappa shape index (κ2) is 6.05. The van der Waals surface area contributed by atoms with E-state index in [2.05, 4.69) is 0 Å². The molecule has 1 spiro atoms. The molecule has 1 saturated heterocycles. The fourth-order valence-corrected chi connectivity index (χ4v) is 3.77. The molecule has 134 valence electrons. The Morgan fingerprint density at radius 3 is 2.42 bits per heavy atom. The van der Waals surface area contributed by atoms with E-state index in [0.717, 1.165) is 11.3 Å². The lowest BCUT2D eigenvalue weighted by Gasteiger charge is -2.46. The highest BCUT2D eigenvalue weighted by molar-refractivity contribution is 5.94. The zero-order valence-electron chi connectivity index (χ0n) is 14.5. The van der Waals surface area contributed by atoms with Crippen LogP contribution in [-0.2, 0) is 10.3 Å². The van der Waals surface area contributed by atoms with Gasteiger partial charge in [-0.3, -0.25) is 9.69 Å². The molecule has 4 rings (SSSR count). The van der Waals surface area contributed by atoms with Crippen LogP contribution in [0.2, 0.25) is 0 Å². The molecule has 1 N–H and O–H groups in total. The number of piperidine rings is 1. The third-order valence-electron chi connectivity index (χ3n) is 5.29. The molecule has 6 heteroatoms. The highest BCUT2D eigenvalue weighted by Gasteiger charge is 2.46. The standard InChI is InChI=1S/C20H20N2O4/c1-21-17-5-3-2-4-16(17)20(26-19(21)25)10-12-22(13-11-20)18(24)14-6-8-15(23)9-7-14/h2-9,23H,10-13H2,1H3. The Balaban J connectivity index is 1.56. The molecule has 2 aromatic carbocycles. The number of aromatic hydroxyl groups is 1. The van der Waals surface area contributed by atoms with E-state index >= 15 is 0 Å². The zero-order chi connectivity index (χ0) is 18.3. The van der Waals surface area contributed by atoms with Gasteiger partial charge in [0.1, 0.15) is 11.4 Å². The highest BCUT2D eigenvalue weighted by Crippen LogP contribution is 2.45. The van der Waals surface area contributed by atoms with Crippen molar-refractivity contribution in [2.45, 2.75) is 18.4 Å². The molecule has 2 aromatic rings. The summed E-state index contributed by atoms with van der Waals surface area (Å²) in [5.41, 5.74) is 1.73. The molecule has 0 bridgehead atoms. The molecule has 6 nitrogen and oxygen atoms in total. The van der Waals surface area contributed by atoms with Crippen LogP contribution in [0.5, 0.6) is 5.75 Å². The molecule has 2 aliphatic heterocycles. The van der Waals surface area contributed by atoms with Crippen LogP contribution in [-0.4, -0.2) is 42.1 Å². The van der Waals surface area contributed by atoms with Gasteiger partial charge in [0, 0.05) is 44.1 Å². The number of carbonyl (C=O) groups excluding carboxylic acids is 2. The molecule has 0 radical (unpaired) electrons. The fourth-order valence-electron chi connectivity index (χ4n) is 3.77. The van der Waals surface area contributed by atoms with Crippen LogP contribution in [0.1, 0.15) is 28.8 Å². The Bertz CT molecular complexity index is 854. The fraction of sp³-hybridized carbons (Fsp3) is 0.300. The van der Waals surface area contributed by atoms with Crippen LogP contribution in [0.3, 0.4) is 0 Å². The first-order chi connectivity index (χ1) is 12.5. The Hall–Kier alpha value is -3.02. The maximum atomic E-state index is 12.7. The van der Waals surface area contributed by atoms with Gasteiger partial charge in [-0.1, -0.05) is 18.2 Å². The Labute approximate surface area is 151 Å². The van der Waals surface area contributed by atoms with Gasteiger partial charge < -0.3 is 14.7 Å². The van der Waals surface area contributed by atoms with E-state index in [9.17, 15) is 14.7 Å². The summed E-state index contributed by atoms with van der Waals surface area (Å²) in [6.07, 6.45) is 0.767. The molecule has 2 amide bonds. The van der Waals surface area contributed by atoms with Crippen molar-refractivity contribution < 1.29 is 19.4 Å². The maximum absolute atomic E-state index is 12.7. The zero-order valence-corrected chi connectivity index (χ0v) is 14.5. The van der Waals surface area contributed by atoms with Gasteiger partial charge in [0.25, 0.3) is 5.91 Å². The van der Waals surface area contributed by atoms with E-state index in [1.54, 1.807) is 24.1 Å². The summed E-state index contributed by atoms with van der Waals surface area (Å²) >= 11 is 0. The van der Waals surface area contributed by atoms with Crippen LogP contribution in [0.15, 0.2) is 48.5 Å². The van der Waals surface area contributed by atoms with Gasteiger partial charge in [-0.2, -0.15) is 0 Å². The van der Waals surface area contributed by atoms with Gasteiger partial charge >= 0.3 is 6.09 Å². The average molecular weight is 352 g/mol. The minimum absolute atomic E-state index is 0.0765. The average Bonchev–Trinajstić information content (AvgIpc) is 2.67. The Morgan fingerprint density at radius 2 is 1.73 bits per heavy atom. The number of rotatable bonds is 1. The third-order valence-corrected chi connectivity index (χ3v) is 5.29. The highest BCUT2D eigenvalue weighted by atomic mass is 16.6. The first-order valence-corrected chi connectivity index (χ1v) is 8.65. The smallest absolute Gasteiger partial charge is 0.414 e. The van der Waals surface area contributed by atoms with Gasteiger partial charge in [0.05, 0.1) is 5.69 Å². The lowest BCUT2D eigenvalue weighted by atomic mass is 9.82. The second-order valence-corrected chi connectivity index (χ2v) is 6.78. The van der Waals surface area contributed by atoms with Gasteiger partial charge in [0.15, 0.2) is 0 Å². The number of fused-ring (bicyclic) bond motifs is 2. The largest absolute Gasteiger partial charge is 0.508 e. The van der Waals surface area contributed by atoms with E-state index < -0.39 is 5.60 Å². The van der Waals surface area contributed by atoms with Gasteiger partial charge in [0.2, 0.25) is 0 Å². The lowest BCUT2D eigenvalue weighted by molar-refractivity contribution is -0.0367. The van der Waals surface area contributed by atoms with Crippen molar-refractivity contribution in [2.75, 3.05) is 25.0 Å². The number of ether oxygens (including phenoxy) is 1. The molecule has 0 saturated carbocycles. The predicted molar refractivity (Wildman–Crippen MR) is 96.2 cm³/mol. The SMILES string of the molecule is CN1C(=O)OC2(CCN(C(=O)c3ccc(O)cc3)CC2)c2ccccc21. The summed E-state index contributed by atoms with van der Waals surface area (Å²) in [5.74, 6) is 0.0568. The molecule has 1 fully saturated rings. The number of anilines is 1. The predicted octanol–water partition coefficient (Wildman–Crippen LogP) is 3.11. The summed E-state index contributed by atoms with van der Waals surface area (Å²) in [7, 11) is 1.71. The molecule has 0 unspecified atom stereocenters. The Morgan fingerprint density at radius 1 is 1.08 bits per heavy atom. The number of likely N-dealkylation sites (tertiary alicyclic amines) is 1. The van der Waals surface area contributed by atoms with E-state index in [0.29, 0.717) is 31.5 Å². The molecular weight excluding hydrogens is 332 g/mol. The minimum atomic E-state index is -0.675. The molecule has 26 heavy (non-hydrogen) atoms. The van der Waals surface area contributed by atoms with Crippen LogP contribution in [0.4, 0.5) is 10.5 Å². The van der Waals surface area contributed by atoms with Crippen molar-refractivity contribution in [3.05, 3.63) is 59.7 Å². The summed E-state index contributed by atoms with van der Waals surface area (Å²) < 4.78 is 5.82. The molecule has 0 aromatic heterocycles. The van der Waals surface area contributed by atoms with Crippen LogP contribution in [0.25, 0.3) is 0 Å². The number of carbonyl (C=O) groups is 2. The first kappa shape index (κ1) is 16.4. The molecular formula is C20H20N2O4. The lowest BCUT2D eigenvalue weighted by Crippen LogP contribution is -2.51. The van der Waals surface area contributed by atoms with E-state index in [1.165, 1.54) is 17.0 Å². The minimum Gasteiger partial charge on any atom is -0.508 e. The van der Waals surface area contributed by atoms with Crippen molar-refractivity contribution in [3.8, 4) is 5.75 Å². The van der Waals surface area contributed by atoms with Gasteiger partial charge in [-0.15, -0.1) is 0 Å². The van der Waals surface area contributed by atoms with Crippen LogP contribution < -0.4 is 4.90 Å². The van der Waals surface area contributed by atoms with Crippen molar-refractivity contribution in [2.24, 2.45) is 0 Å². The van der Waals surface area contributed by atoms with Crippen molar-refractivity contribution in [3.63, 3.8) is 0 Å². The number of phenols is 1. The second-order valence-electron chi connectivity index (χ2n) is 6.78. The summed E-state index contributed by atoms with van der Waals surface area (Å²) in [5, 5.41) is 9.38. The summed E-state index contributed by atoms with van der Waals surface area (Å²) in [6.45, 7) is 1.01. The Kier molecular flexibility index (Phi) is 3.83.